The molecule has 0 amide bonds. The molecule has 0 saturated carbocycles. The van der Waals surface area contributed by atoms with Gasteiger partial charge in [0.05, 0.1) is 0 Å². The number of hydrogen-bond donors (Lipinski definition) is 1. The zero-order valence-electron chi connectivity index (χ0n) is 11.2. The monoisotopic (exact) mass is 265 g/mol. The Morgan fingerprint density at radius 3 is 2.83 bits per heavy atom. The number of thioether (sulfide) groups is 1. The van der Waals surface area contributed by atoms with Gasteiger partial charge in [0.15, 0.2) is 0 Å². The van der Waals surface area contributed by atoms with Crippen LogP contribution in [0.25, 0.3) is 0 Å². The second-order valence-electron chi connectivity index (χ2n) is 4.98. The van der Waals surface area contributed by atoms with Gasteiger partial charge in [0.25, 0.3) is 0 Å². The summed E-state index contributed by atoms with van der Waals surface area (Å²) in [6.45, 7) is 6.66. The van der Waals surface area contributed by atoms with Crippen LogP contribution in [0.2, 0.25) is 0 Å². The fourth-order valence-corrected chi connectivity index (χ4v) is 3.86. The van der Waals surface area contributed by atoms with E-state index in [-0.39, 0.29) is 6.04 Å². The molecule has 4 heteroatoms. The van der Waals surface area contributed by atoms with Gasteiger partial charge in [0, 0.05) is 48.6 Å². The maximum atomic E-state index is 6.22. The molecule has 3 nitrogen and oxygen atoms in total. The number of nitrogens with zero attached hydrogens (tertiary/aromatic N) is 2. The molecule has 1 aromatic rings. The first kappa shape index (κ1) is 13.8. The van der Waals surface area contributed by atoms with Crippen molar-refractivity contribution in [3.05, 3.63) is 30.1 Å². The minimum atomic E-state index is 0.146. The highest BCUT2D eigenvalue weighted by Crippen LogP contribution is 2.29. The molecule has 0 radical (unpaired) electrons. The molecule has 18 heavy (non-hydrogen) atoms. The van der Waals surface area contributed by atoms with Gasteiger partial charge in [0.2, 0.25) is 0 Å². The first-order valence-electron chi connectivity index (χ1n) is 6.73. The lowest BCUT2D eigenvalue weighted by Crippen LogP contribution is -2.46. The van der Waals surface area contributed by atoms with Crippen molar-refractivity contribution in [3.63, 3.8) is 0 Å². The minimum absolute atomic E-state index is 0.146. The smallest absolute Gasteiger partial charge is 0.0498 e. The third-order valence-corrected chi connectivity index (χ3v) is 4.94. The molecule has 1 aromatic heterocycles. The second-order valence-corrected chi connectivity index (χ2v) is 6.39. The van der Waals surface area contributed by atoms with Crippen LogP contribution in [-0.2, 0) is 0 Å². The molecule has 100 valence electrons. The summed E-state index contributed by atoms with van der Waals surface area (Å²) in [4.78, 5) is 6.65. The van der Waals surface area contributed by atoms with E-state index in [2.05, 4.69) is 47.6 Å². The Morgan fingerprint density at radius 1 is 1.50 bits per heavy atom. The van der Waals surface area contributed by atoms with Crippen LogP contribution in [0.1, 0.15) is 31.9 Å². The topological polar surface area (TPSA) is 42.2 Å². The highest BCUT2D eigenvalue weighted by atomic mass is 32.2. The molecule has 2 N–H and O–H groups in total. The summed E-state index contributed by atoms with van der Waals surface area (Å²) in [5.74, 6) is 1.22. The summed E-state index contributed by atoms with van der Waals surface area (Å²) in [5, 5.41) is 0.752. The molecule has 3 atom stereocenters. The fraction of sp³-hybridized carbons (Fsp3) is 0.643. The molecule has 2 rings (SSSR count). The van der Waals surface area contributed by atoms with Crippen molar-refractivity contribution in [2.45, 2.75) is 37.6 Å². The van der Waals surface area contributed by atoms with Gasteiger partial charge in [-0.1, -0.05) is 6.92 Å². The molecular formula is C14H23N3S. The molecule has 0 bridgehead atoms. The third-order valence-electron chi connectivity index (χ3n) is 3.56. The van der Waals surface area contributed by atoms with E-state index in [4.69, 9.17) is 5.73 Å². The summed E-state index contributed by atoms with van der Waals surface area (Å²) in [6.07, 6.45) is 4.96. The molecule has 2 heterocycles. The third kappa shape index (κ3) is 3.25. The molecule has 1 aliphatic rings. The van der Waals surface area contributed by atoms with E-state index in [1.54, 1.807) is 0 Å². The molecule has 1 saturated heterocycles. The summed E-state index contributed by atoms with van der Waals surface area (Å²) in [7, 11) is 0. The molecule has 0 spiro atoms. The van der Waals surface area contributed by atoms with Crippen molar-refractivity contribution in [3.8, 4) is 0 Å². The van der Waals surface area contributed by atoms with Gasteiger partial charge in [-0.25, -0.2) is 0 Å². The van der Waals surface area contributed by atoms with Gasteiger partial charge in [-0.05, 0) is 31.0 Å². The lowest BCUT2D eigenvalue weighted by molar-refractivity contribution is 0.181. The van der Waals surface area contributed by atoms with Crippen molar-refractivity contribution in [1.82, 2.24) is 9.88 Å². The van der Waals surface area contributed by atoms with Crippen LogP contribution in [0.5, 0.6) is 0 Å². The number of aromatic nitrogens is 1. The molecular weight excluding hydrogens is 242 g/mol. The average molecular weight is 265 g/mol. The van der Waals surface area contributed by atoms with Crippen LogP contribution in [0, 0.1) is 0 Å². The number of rotatable bonds is 4. The van der Waals surface area contributed by atoms with Gasteiger partial charge >= 0.3 is 0 Å². The fourth-order valence-electron chi connectivity index (χ4n) is 2.65. The summed E-state index contributed by atoms with van der Waals surface area (Å²) in [6, 6.07) is 4.66. The van der Waals surface area contributed by atoms with E-state index in [0.29, 0.717) is 6.04 Å². The Labute approximate surface area is 114 Å². The van der Waals surface area contributed by atoms with Crippen LogP contribution in [-0.4, -0.2) is 40.0 Å². The van der Waals surface area contributed by atoms with Gasteiger partial charge in [-0.3, -0.25) is 9.88 Å². The molecule has 0 aliphatic carbocycles. The molecule has 3 unspecified atom stereocenters. The van der Waals surface area contributed by atoms with Crippen LogP contribution in [0.15, 0.2) is 24.5 Å². The Morgan fingerprint density at radius 2 is 2.22 bits per heavy atom. The van der Waals surface area contributed by atoms with E-state index in [9.17, 15) is 0 Å². The zero-order chi connectivity index (χ0) is 13.0. The lowest BCUT2D eigenvalue weighted by Gasteiger charge is -2.39. The first-order chi connectivity index (χ1) is 8.72. The van der Waals surface area contributed by atoms with E-state index in [0.717, 1.165) is 18.3 Å². The highest BCUT2D eigenvalue weighted by Gasteiger charge is 2.28. The number of nitrogens with two attached hydrogens (primary N) is 1. The normalized spacial score (nSPS) is 24.7. The van der Waals surface area contributed by atoms with Crippen LogP contribution in [0.4, 0.5) is 0 Å². The van der Waals surface area contributed by atoms with Crippen LogP contribution >= 0.6 is 11.8 Å². The van der Waals surface area contributed by atoms with E-state index in [1.165, 1.54) is 17.7 Å². The number of hydrogen-bond acceptors (Lipinski definition) is 4. The summed E-state index contributed by atoms with van der Waals surface area (Å²) < 4.78 is 0. The standard InChI is InChI=1S/C14H23N3S/c1-3-13-10-17(8-9-18-13)14(11(2)15)12-4-6-16-7-5-12/h4-7,11,13-14H,3,8-10,15H2,1-2H3. The molecule has 0 aromatic carbocycles. The average Bonchev–Trinajstić information content (AvgIpc) is 2.40. The SMILES string of the molecule is CCC1CN(C(c2ccncc2)C(C)N)CCS1. The second kappa shape index (κ2) is 6.55. The lowest BCUT2D eigenvalue weighted by atomic mass is 10.00. The van der Waals surface area contributed by atoms with Crippen molar-refractivity contribution in [1.29, 1.82) is 0 Å². The Balaban J connectivity index is 2.15. The van der Waals surface area contributed by atoms with Crippen molar-refractivity contribution in [2.24, 2.45) is 5.73 Å². The maximum absolute atomic E-state index is 6.22. The Kier molecular flexibility index (Phi) is 5.03. The maximum Gasteiger partial charge on any atom is 0.0498 e. The van der Waals surface area contributed by atoms with E-state index in [1.807, 2.05) is 12.4 Å². The van der Waals surface area contributed by atoms with Gasteiger partial charge in [0.1, 0.15) is 0 Å². The summed E-state index contributed by atoms with van der Waals surface area (Å²) >= 11 is 2.10. The molecule has 1 fully saturated rings. The summed E-state index contributed by atoms with van der Waals surface area (Å²) in [5.41, 5.74) is 7.51. The minimum Gasteiger partial charge on any atom is -0.326 e. The largest absolute Gasteiger partial charge is 0.326 e. The van der Waals surface area contributed by atoms with Crippen molar-refractivity contribution < 1.29 is 0 Å². The Hall–Kier alpha value is -0.580. The van der Waals surface area contributed by atoms with Gasteiger partial charge in [-0.2, -0.15) is 11.8 Å². The van der Waals surface area contributed by atoms with Gasteiger partial charge in [-0.15, -0.1) is 0 Å². The van der Waals surface area contributed by atoms with Gasteiger partial charge < -0.3 is 5.73 Å². The quantitative estimate of drug-likeness (QED) is 0.907. The van der Waals surface area contributed by atoms with Crippen LogP contribution < -0.4 is 5.73 Å². The highest BCUT2D eigenvalue weighted by molar-refractivity contribution is 8.00. The zero-order valence-corrected chi connectivity index (χ0v) is 12.1. The van der Waals surface area contributed by atoms with E-state index < -0.39 is 0 Å². The number of pyridine rings is 1. The predicted octanol–water partition coefficient (Wildman–Crippen LogP) is 2.30. The molecule has 1 aliphatic heterocycles. The first-order valence-corrected chi connectivity index (χ1v) is 7.78. The van der Waals surface area contributed by atoms with Crippen molar-refractivity contribution >= 4 is 11.8 Å². The van der Waals surface area contributed by atoms with E-state index >= 15 is 0 Å². The Bertz CT molecular complexity index is 355. The van der Waals surface area contributed by atoms with Crippen molar-refractivity contribution in [2.75, 3.05) is 18.8 Å². The predicted molar refractivity (Wildman–Crippen MR) is 78.7 cm³/mol. The van der Waals surface area contributed by atoms with Crippen LogP contribution in [0.3, 0.4) is 0 Å².